The average molecular weight is 293 g/mol. The van der Waals surface area contributed by atoms with Gasteiger partial charge in [0.05, 0.1) is 5.56 Å². The molecule has 0 saturated heterocycles. The summed E-state index contributed by atoms with van der Waals surface area (Å²) in [4.78, 5) is 0. The summed E-state index contributed by atoms with van der Waals surface area (Å²) in [6, 6.07) is 15.5. The molecule has 0 amide bonds. The van der Waals surface area contributed by atoms with Crippen LogP contribution >= 0.6 is 0 Å². The number of aryl methyl sites for hydroxylation is 1. The van der Waals surface area contributed by atoms with E-state index in [9.17, 15) is 13.2 Å². The molecule has 1 atom stereocenters. The van der Waals surface area contributed by atoms with Crippen LogP contribution in [0.3, 0.4) is 0 Å². The highest BCUT2D eigenvalue weighted by Gasteiger charge is 2.30. The second kappa shape index (κ2) is 6.66. The molecule has 1 N–H and O–H groups in total. The first-order valence-electron chi connectivity index (χ1n) is 6.93. The molecule has 0 aliphatic carbocycles. The average Bonchev–Trinajstić information content (AvgIpc) is 2.46. The van der Waals surface area contributed by atoms with Crippen LogP contribution in [0.2, 0.25) is 0 Å². The topological polar surface area (TPSA) is 12.0 Å². The van der Waals surface area contributed by atoms with E-state index in [-0.39, 0.29) is 6.04 Å². The maximum absolute atomic E-state index is 12.6. The quantitative estimate of drug-likeness (QED) is 0.805. The first kappa shape index (κ1) is 15.4. The number of hydrogen-bond donors (Lipinski definition) is 1. The van der Waals surface area contributed by atoms with E-state index in [2.05, 4.69) is 17.4 Å². The van der Waals surface area contributed by atoms with Crippen LogP contribution < -0.4 is 5.32 Å². The molecule has 2 rings (SSSR count). The fraction of sp³-hybridized carbons (Fsp3) is 0.294. The van der Waals surface area contributed by atoms with Crippen LogP contribution in [0.15, 0.2) is 54.6 Å². The summed E-state index contributed by atoms with van der Waals surface area (Å²) in [5, 5.41) is 3.12. The fourth-order valence-electron chi connectivity index (χ4n) is 2.17. The van der Waals surface area contributed by atoms with Gasteiger partial charge in [-0.2, -0.15) is 13.2 Å². The van der Waals surface area contributed by atoms with E-state index in [0.717, 1.165) is 25.0 Å². The van der Waals surface area contributed by atoms with Crippen molar-refractivity contribution < 1.29 is 13.2 Å². The summed E-state index contributed by atoms with van der Waals surface area (Å²) in [6.45, 7) is 1.98. The Kier molecular flexibility index (Phi) is 4.89. The molecule has 2 aromatic carbocycles. The highest BCUT2D eigenvalue weighted by Crippen LogP contribution is 2.30. The number of nitrogens with one attached hydrogen (secondary N) is 1. The second-order valence-corrected chi connectivity index (χ2v) is 5.15. The Bertz CT molecular complexity index is 564. The van der Waals surface area contributed by atoms with E-state index in [1.807, 2.05) is 25.1 Å². The molecule has 0 spiro atoms. The van der Waals surface area contributed by atoms with E-state index in [0.29, 0.717) is 5.69 Å². The molecule has 0 radical (unpaired) electrons. The molecule has 1 unspecified atom stereocenters. The Morgan fingerprint density at radius 1 is 1.00 bits per heavy atom. The number of rotatable bonds is 5. The number of halogens is 3. The van der Waals surface area contributed by atoms with E-state index in [1.54, 1.807) is 6.07 Å². The van der Waals surface area contributed by atoms with E-state index in [1.165, 1.54) is 11.6 Å². The molecule has 0 bridgehead atoms. The number of anilines is 1. The molecule has 0 saturated carbocycles. The third-order valence-electron chi connectivity index (χ3n) is 3.31. The van der Waals surface area contributed by atoms with Crippen molar-refractivity contribution in [1.29, 1.82) is 0 Å². The highest BCUT2D eigenvalue weighted by molar-refractivity contribution is 5.47. The van der Waals surface area contributed by atoms with Crippen molar-refractivity contribution in [1.82, 2.24) is 0 Å². The van der Waals surface area contributed by atoms with Gasteiger partial charge in [0.2, 0.25) is 0 Å². The molecular formula is C17H18F3N. The summed E-state index contributed by atoms with van der Waals surface area (Å²) in [6.07, 6.45) is -2.54. The van der Waals surface area contributed by atoms with Crippen LogP contribution in [0.1, 0.15) is 24.5 Å². The summed E-state index contributed by atoms with van der Waals surface area (Å²) >= 11 is 0. The Morgan fingerprint density at radius 2 is 1.71 bits per heavy atom. The Labute approximate surface area is 122 Å². The lowest BCUT2D eigenvalue weighted by atomic mass is 10.1. The maximum atomic E-state index is 12.6. The highest BCUT2D eigenvalue weighted by atomic mass is 19.4. The molecule has 112 valence electrons. The Hall–Kier alpha value is -1.97. The van der Waals surface area contributed by atoms with Gasteiger partial charge in [-0.15, -0.1) is 0 Å². The van der Waals surface area contributed by atoms with Crippen molar-refractivity contribution in [2.24, 2.45) is 0 Å². The fourth-order valence-corrected chi connectivity index (χ4v) is 2.17. The third-order valence-corrected chi connectivity index (χ3v) is 3.31. The zero-order chi connectivity index (χ0) is 15.3. The Morgan fingerprint density at radius 3 is 2.38 bits per heavy atom. The molecule has 0 aliphatic heterocycles. The molecular weight excluding hydrogens is 275 g/mol. The van der Waals surface area contributed by atoms with Crippen LogP contribution in [0.25, 0.3) is 0 Å². The lowest BCUT2D eigenvalue weighted by Gasteiger charge is -2.16. The molecule has 0 fully saturated rings. The van der Waals surface area contributed by atoms with Gasteiger partial charge in [-0.1, -0.05) is 36.4 Å². The molecule has 2 aromatic rings. The maximum Gasteiger partial charge on any atom is 0.416 e. The van der Waals surface area contributed by atoms with Crippen molar-refractivity contribution in [2.45, 2.75) is 32.0 Å². The van der Waals surface area contributed by atoms with Gasteiger partial charge in [0.15, 0.2) is 0 Å². The SMILES string of the molecule is CC(CCc1ccccc1)Nc1cccc(C(F)(F)F)c1. The molecule has 4 heteroatoms. The number of hydrogen-bond acceptors (Lipinski definition) is 1. The van der Waals surface area contributed by atoms with Crippen molar-refractivity contribution in [3.8, 4) is 0 Å². The molecule has 21 heavy (non-hydrogen) atoms. The monoisotopic (exact) mass is 293 g/mol. The standard InChI is InChI=1S/C17H18F3N/c1-13(10-11-14-6-3-2-4-7-14)21-16-9-5-8-15(12-16)17(18,19)20/h2-9,12-13,21H,10-11H2,1H3. The van der Waals surface area contributed by atoms with Crippen molar-refractivity contribution in [3.05, 3.63) is 65.7 Å². The van der Waals surface area contributed by atoms with Crippen LogP contribution in [-0.4, -0.2) is 6.04 Å². The van der Waals surface area contributed by atoms with E-state index >= 15 is 0 Å². The van der Waals surface area contributed by atoms with Crippen LogP contribution in [0, 0.1) is 0 Å². The van der Waals surface area contributed by atoms with Gasteiger partial charge in [-0.3, -0.25) is 0 Å². The van der Waals surface area contributed by atoms with Gasteiger partial charge < -0.3 is 5.32 Å². The number of alkyl halides is 3. The first-order chi connectivity index (χ1) is 9.95. The van der Waals surface area contributed by atoms with E-state index < -0.39 is 11.7 Å². The van der Waals surface area contributed by atoms with Gasteiger partial charge >= 0.3 is 6.18 Å². The summed E-state index contributed by atoms with van der Waals surface area (Å²) in [7, 11) is 0. The minimum absolute atomic E-state index is 0.105. The lowest BCUT2D eigenvalue weighted by molar-refractivity contribution is -0.137. The van der Waals surface area contributed by atoms with Crippen LogP contribution in [-0.2, 0) is 12.6 Å². The van der Waals surface area contributed by atoms with Gasteiger partial charge in [0, 0.05) is 11.7 Å². The van der Waals surface area contributed by atoms with Gasteiger partial charge in [-0.25, -0.2) is 0 Å². The van der Waals surface area contributed by atoms with Gasteiger partial charge in [0.1, 0.15) is 0 Å². The summed E-state index contributed by atoms with van der Waals surface area (Å²) in [5.41, 5.74) is 1.11. The summed E-state index contributed by atoms with van der Waals surface area (Å²) in [5.74, 6) is 0. The van der Waals surface area contributed by atoms with Crippen LogP contribution in [0.4, 0.5) is 18.9 Å². The first-order valence-corrected chi connectivity index (χ1v) is 6.93. The zero-order valence-corrected chi connectivity index (χ0v) is 11.8. The largest absolute Gasteiger partial charge is 0.416 e. The molecule has 0 heterocycles. The minimum Gasteiger partial charge on any atom is -0.383 e. The predicted octanol–water partition coefficient (Wildman–Crippen LogP) is 5.14. The third kappa shape index (κ3) is 4.81. The number of benzene rings is 2. The van der Waals surface area contributed by atoms with Crippen LogP contribution in [0.5, 0.6) is 0 Å². The van der Waals surface area contributed by atoms with E-state index in [4.69, 9.17) is 0 Å². The minimum atomic E-state index is -4.30. The molecule has 0 aromatic heterocycles. The smallest absolute Gasteiger partial charge is 0.383 e. The normalized spacial score (nSPS) is 13.0. The molecule has 0 aliphatic rings. The zero-order valence-electron chi connectivity index (χ0n) is 11.8. The van der Waals surface area contributed by atoms with Gasteiger partial charge in [-0.05, 0) is 43.5 Å². The predicted molar refractivity (Wildman–Crippen MR) is 79.3 cm³/mol. The van der Waals surface area contributed by atoms with Gasteiger partial charge in [0.25, 0.3) is 0 Å². The molecule has 1 nitrogen and oxygen atoms in total. The Balaban J connectivity index is 1.92. The van der Waals surface area contributed by atoms with Crippen molar-refractivity contribution in [2.75, 3.05) is 5.32 Å². The van der Waals surface area contributed by atoms with Crippen molar-refractivity contribution >= 4 is 5.69 Å². The second-order valence-electron chi connectivity index (χ2n) is 5.15. The lowest BCUT2D eigenvalue weighted by Crippen LogP contribution is -2.16. The van der Waals surface area contributed by atoms with Crippen molar-refractivity contribution in [3.63, 3.8) is 0 Å². The summed E-state index contributed by atoms with van der Waals surface area (Å²) < 4.78 is 37.9.